The van der Waals surface area contributed by atoms with Crippen LogP contribution in [0, 0.1) is 0 Å². The van der Waals surface area contributed by atoms with Crippen molar-refractivity contribution in [2.45, 2.75) is 0 Å². The summed E-state index contributed by atoms with van der Waals surface area (Å²) in [5.41, 5.74) is 1.02. The average Bonchev–Trinajstić information content (AvgIpc) is 2.59. The van der Waals surface area contributed by atoms with Gasteiger partial charge in [0, 0.05) is 5.39 Å². The van der Waals surface area contributed by atoms with Crippen LogP contribution in [0.25, 0.3) is 10.9 Å². The van der Waals surface area contributed by atoms with Crippen LogP contribution >= 0.6 is 0 Å². The molecule has 70 valence electrons. The fourth-order valence-corrected chi connectivity index (χ4v) is 1.25. The number of carboxylic acids is 1. The molecule has 0 fully saturated rings. The molecule has 2 aromatic rings. The molecule has 0 atom stereocenters. The van der Waals surface area contributed by atoms with Crippen LogP contribution in [0.2, 0.25) is 0 Å². The van der Waals surface area contributed by atoms with Gasteiger partial charge >= 0.3 is 5.97 Å². The van der Waals surface area contributed by atoms with Gasteiger partial charge < -0.3 is 5.11 Å². The summed E-state index contributed by atoms with van der Waals surface area (Å²) >= 11 is 0. The molecule has 2 rings (SSSR count). The van der Waals surface area contributed by atoms with Gasteiger partial charge in [-0.1, -0.05) is 0 Å². The molecule has 1 aromatic carbocycles. The Labute approximate surface area is 78.4 Å². The maximum Gasteiger partial charge on any atom is 0.335 e. The van der Waals surface area contributed by atoms with Crippen molar-refractivity contribution in [3.63, 3.8) is 0 Å². The fraction of sp³-hybridized carbons (Fsp3) is 0. The van der Waals surface area contributed by atoms with Gasteiger partial charge in [0.25, 0.3) is 0 Å². The number of aromatic amines is 1. The van der Waals surface area contributed by atoms with Crippen LogP contribution in [-0.2, 0) is 0 Å². The van der Waals surface area contributed by atoms with Gasteiger partial charge in [-0.05, 0) is 18.2 Å². The molecule has 0 aliphatic heterocycles. The summed E-state index contributed by atoms with van der Waals surface area (Å²) < 4.78 is 0. The van der Waals surface area contributed by atoms with Crippen LogP contribution in [0.5, 0.6) is 0 Å². The van der Waals surface area contributed by atoms with Gasteiger partial charge in [0.15, 0.2) is 6.29 Å². The standard InChI is InChI=1S/C9H6N2O3/c12-4-8-6-3-5(9(13)14)1-2-7(6)10-11-8/h1-4H,(H,10,11)(H,13,14). The largest absolute Gasteiger partial charge is 0.478 e. The monoisotopic (exact) mass is 190 g/mol. The predicted octanol–water partition coefficient (Wildman–Crippen LogP) is 1.07. The lowest BCUT2D eigenvalue weighted by Gasteiger charge is -1.93. The van der Waals surface area contributed by atoms with Gasteiger partial charge in [0.2, 0.25) is 0 Å². The Hall–Kier alpha value is -2.17. The number of carbonyl (C=O) groups is 2. The number of hydrogen-bond acceptors (Lipinski definition) is 3. The van der Waals surface area contributed by atoms with Crippen molar-refractivity contribution in [1.29, 1.82) is 0 Å². The van der Waals surface area contributed by atoms with Crippen molar-refractivity contribution in [3.8, 4) is 0 Å². The predicted molar refractivity (Wildman–Crippen MR) is 48.4 cm³/mol. The summed E-state index contributed by atoms with van der Waals surface area (Å²) in [6.45, 7) is 0. The molecule has 1 heterocycles. The zero-order valence-electron chi connectivity index (χ0n) is 7.02. The van der Waals surface area contributed by atoms with Crippen LogP contribution in [0.3, 0.4) is 0 Å². The summed E-state index contributed by atoms with van der Waals surface area (Å²) in [6, 6.07) is 4.42. The first-order valence-electron chi connectivity index (χ1n) is 3.89. The molecule has 0 radical (unpaired) electrons. The van der Waals surface area contributed by atoms with Crippen LogP contribution in [0.4, 0.5) is 0 Å². The molecule has 0 saturated heterocycles. The third-order valence-corrected chi connectivity index (χ3v) is 1.95. The second-order valence-electron chi connectivity index (χ2n) is 2.79. The third kappa shape index (κ3) is 1.15. The van der Waals surface area contributed by atoms with Gasteiger partial charge in [-0.25, -0.2) is 4.79 Å². The quantitative estimate of drug-likeness (QED) is 0.694. The van der Waals surface area contributed by atoms with Gasteiger partial charge in [0.05, 0.1) is 11.1 Å². The van der Waals surface area contributed by atoms with Gasteiger partial charge in [-0.3, -0.25) is 9.89 Å². The number of rotatable bonds is 2. The highest BCUT2D eigenvalue weighted by molar-refractivity contribution is 5.99. The summed E-state index contributed by atoms with van der Waals surface area (Å²) in [6.07, 6.45) is 0.612. The molecule has 2 N–H and O–H groups in total. The topological polar surface area (TPSA) is 83.0 Å². The minimum absolute atomic E-state index is 0.141. The minimum Gasteiger partial charge on any atom is -0.478 e. The molecule has 0 spiro atoms. The van der Waals surface area contributed by atoms with Crippen molar-refractivity contribution in [2.24, 2.45) is 0 Å². The smallest absolute Gasteiger partial charge is 0.335 e. The molecule has 5 heteroatoms. The maximum atomic E-state index is 10.6. The van der Waals surface area contributed by atoms with E-state index in [0.717, 1.165) is 0 Å². The molecule has 0 aliphatic carbocycles. The van der Waals surface area contributed by atoms with Crippen molar-refractivity contribution in [3.05, 3.63) is 29.5 Å². The first-order valence-corrected chi connectivity index (χ1v) is 3.89. The van der Waals surface area contributed by atoms with E-state index in [0.29, 0.717) is 22.9 Å². The molecule has 0 saturated carbocycles. The molecular weight excluding hydrogens is 184 g/mol. The average molecular weight is 190 g/mol. The zero-order chi connectivity index (χ0) is 10.1. The molecule has 5 nitrogen and oxygen atoms in total. The van der Waals surface area contributed by atoms with Crippen LogP contribution < -0.4 is 0 Å². The van der Waals surface area contributed by atoms with E-state index in [9.17, 15) is 9.59 Å². The summed E-state index contributed by atoms with van der Waals surface area (Å²) in [4.78, 5) is 21.2. The Kier molecular flexibility index (Phi) is 1.78. The van der Waals surface area contributed by atoms with E-state index in [4.69, 9.17) is 5.11 Å². The fourth-order valence-electron chi connectivity index (χ4n) is 1.25. The second kappa shape index (κ2) is 2.95. The van der Waals surface area contributed by atoms with E-state index < -0.39 is 5.97 Å². The van der Waals surface area contributed by atoms with Crippen molar-refractivity contribution in [2.75, 3.05) is 0 Å². The molecule has 0 aliphatic rings. The number of aromatic carboxylic acids is 1. The normalized spacial score (nSPS) is 10.3. The maximum absolute atomic E-state index is 10.6. The Morgan fingerprint density at radius 3 is 2.93 bits per heavy atom. The number of fused-ring (bicyclic) bond motifs is 1. The van der Waals surface area contributed by atoms with Crippen molar-refractivity contribution < 1.29 is 14.7 Å². The number of aldehydes is 1. The first-order chi connectivity index (χ1) is 6.72. The van der Waals surface area contributed by atoms with E-state index >= 15 is 0 Å². The van der Waals surface area contributed by atoms with Crippen molar-refractivity contribution >= 4 is 23.2 Å². The van der Waals surface area contributed by atoms with E-state index in [-0.39, 0.29) is 5.56 Å². The third-order valence-electron chi connectivity index (χ3n) is 1.95. The number of hydrogen-bond donors (Lipinski definition) is 2. The Balaban J connectivity index is 2.73. The zero-order valence-corrected chi connectivity index (χ0v) is 7.02. The van der Waals surface area contributed by atoms with Gasteiger partial charge in [-0.15, -0.1) is 0 Å². The van der Waals surface area contributed by atoms with Crippen LogP contribution in [-0.4, -0.2) is 27.6 Å². The summed E-state index contributed by atoms with van der Waals surface area (Å²) in [5.74, 6) is -1.02. The van der Waals surface area contributed by atoms with E-state index in [1.807, 2.05) is 0 Å². The lowest BCUT2D eigenvalue weighted by atomic mass is 10.1. The molecule has 0 bridgehead atoms. The van der Waals surface area contributed by atoms with Crippen molar-refractivity contribution in [1.82, 2.24) is 10.2 Å². The molecule has 14 heavy (non-hydrogen) atoms. The molecule has 0 unspecified atom stereocenters. The van der Waals surface area contributed by atoms with Crippen LogP contribution in [0.15, 0.2) is 18.2 Å². The highest BCUT2D eigenvalue weighted by atomic mass is 16.4. The van der Waals surface area contributed by atoms with Crippen LogP contribution in [0.1, 0.15) is 20.8 Å². The minimum atomic E-state index is -1.02. The Morgan fingerprint density at radius 2 is 2.29 bits per heavy atom. The summed E-state index contributed by atoms with van der Waals surface area (Å²) in [5, 5.41) is 15.6. The second-order valence-corrected chi connectivity index (χ2v) is 2.79. The van der Waals surface area contributed by atoms with Gasteiger partial charge in [-0.2, -0.15) is 5.10 Å². The highest BCUT2D eigenvalue weighted by Gasteiger charge is 2.08. The number of nitrogens with one attached hydrogen (secondary N) is 1. The molecule has 1 aromatic heterocycles. The lowest BCUT2D eigenvalue weighted by Crippen LogP contribution is -1.95. The first kappa shape index (κ1) is 8.43. The number of nitrogens with zero attached hydrogens (tertiary/aromatic N) is 1. The number of carbonyl (C=O) groups excluding carboxylic acids is 1. The number of carboxylic acid groups (broad SMARTS) is 1. The van der Waals surface area contributed by atoms with E-state index in [2.05, 4.69) is 10.2 Å². The Bertz CT molecular complexity index is 516. The highest BCUT2D eigenvalue weighted by Crippen LogP contribution is 2.16. The Morgan fingerprint density at radius 1 is 1.50 bits per heavy atom. The number of benzene rings is 1. The SMILES string of the molecule is O=Cc1[nH]nc2ccc(C(=O)O)cc12. The summed E-state index contributed by atoms with van der Waals surface area (Å²) in [7, 11) is 0. The molecular formula is C9H6N2O3. The van der Waals surface area contributed by atoms with E-state index in [1.54, 1.807) is 6.07 Å². The lowest BCUT2D eigenvalue weighted by molar-refractivity contribution is 0.0697. The number of H-pyrrole nitrogens is 1. The number of aromatic nitrogens is 2. The van der Waals surface area contributed by atoms with E-state index in [1.165, 1.54) is 12.1 Å². The molecule has 0 amide bonds. The van der Waals surface area contributed by atoms with Gasteiger partial charge in [0.1, 0.15) is 5.69 Å².